The number of pyridine rings is 1. The average Bonchev–Trinajstić information content (AvgIpc) is 2.71. The van der Waals surface area contributed by atoms with E-state index >= 15 is 0 Å². The monoisotopic (exact) mass is 476 g/mol. The minimum atomic E-state index is -4.74. The van der Waals surface area contributed by atoms with Gasteiger partial charge in [-0.1, -0.05) is 45.0 Å². The fourth-order valence-electron chi connectivity index (χ4n) is 3.64. The molecular weight excluding hydrogens is 453 g/mol. The Balaban J connectivity index is 2.18. The highest BCUT2D eigenvalue weighted by Crippen LogP contribution is 2.38. The molecule has 0 saturated heterocycles. The Bertz CT molecular complexity index is 1320. The summed E-state index contributed by atoms with van der Waals surface area (Å²) in [4.78, 5) is 37.7. The van der Waals surface area contributed by atoms with E-state index in [-0.39, 0.29) is 28.3 Å². The minimum Gasteiger partial charge on any atom is -0.506 e. The number of hydrogen-bond donors (Lipinski definition) is 4. The predicted molar refractivity (Wildman–Crippen MR) is 119 cm³/mol. The molecule has 0 unspecified atom stereocenters. The van der Waals surface area contributed by atoms with Crippen molar-refractivity contribution in [3.05, 3.63) is 74.6 Å². The Morgan fingerprint density at radius 1 is 1.03 bits per heavy atom. The number of alkyl halides is 3. The number of carbonyl (C=O) groups excluding carboxylic acids is 1. The topological polar surface area (TPSA) is 119 Å². The Kier molecular flexibility index (Phi) is 6.46. The lowest BCUT2D eigenvalue weighted by atomic mass is 9.86. The Morgan fingerprint density at radius 3 is 2.18 bits per heavy atom. The van der Waals surface area contributed by atoms with Crippen molar-refractivity contribution in [1.29, 1.82) is 0 Å². The van der Waals surface area contributed by atoms with E-state index in [2.05, 4.69) is 4.98 Å². The summed E-state index contributed by atoms with van der Waals surface area (Å²) in [6, 6.07) is 8.77. The zero-order valence-corrected chi connectivity index (χ0v) is 18.6. The summed E-state index contributed by atoms with van der Waals surface area (Å²) in [6.07, 6.45) is -4.94. The van der Waals surface area contributed by atoms with Gasteiger partial charge in [0.25, 0.3) is 11.5 Å². The van der Waals surface area contributed by atoms with Gasteiger partial charge in [0.1, 0.15) is 17.9 Å². The molecule has 34 heavy (non-hydrogen) atoms. The second-order valence-electron chi connectivity index (χ2n) is 8.89. The lowest BCUT2D eigenvalue weighted by molar-refractivity contribution is -0.138. The van der Waals surface area contributed by atoms with Crippen LogP contribution >= 0.6 is 0 Å². The van der Waals surface area contributed by atoms with Crippen molar-refractivity contribution < 1.29 is 33.0 Å². The first-order valence-corrected chi connectivity index (χ1v) is 10.3. The number of aromatic hydroxyl groups is 1. The summed E-state index contributed by atoms with van der Waals surface area (Å²) < 4.78 is 41.4. The highest BCUT2D eigenvalue weighted by atomic mass is 19.4. The van der Waals surface area contributed by atoms with Crippen LogP contribution < -0.4 is 10.9 Å². The van der Waals surface area contributed by atoms with E-state index in [1.807, 2.05) is 38.2 Å². The van der Waals surface area contributed by atoms with Crippen molar-refractivity contribution in [2.24, 2.45) is 0 Å². The second-order valence-corrected chi connectivity index (χ2v) is 8.89. The molecule has 0 atom stereocenters. The van der Waals surface area contributed by atoms with Gasteiger partial charge in [0, 0.05) is 11.8 Å². The Hall–Kier alpha value is -3.82. The van der Waals surface area contributed by atoms with Crippen molar-refractivity contribution in [3.8, 4) is 5.75 Å². The maximum absolute atomic E-state index is 13.8. The zero-order valence-electron chi connectivity index (χ0n) is 18.6. The van der Waals surface area contributed by atoms with Crippen LogP contribution in [0, 0.1) is 0 Å². The summed E-state index contributed by atoms with van der Waals surface area (Å²) >= 11 is 0. The first-order chi connectivity index (χ1) is 15.7. The third-order valence-corrected chi connectivity index (χ3v) is 5.40. The van der Waals surface area contributed by atoms with Gasteiger partial charge >= 0.3 is 12.1 Å². The fraction of sp³-hybridized carbons (Fsp3) is 0.292. The number of benzene rings is 2. The highest BCUT2D eigenvalue weighted by molar-refractivity contribution is 6.03. The lowest BCUT2D eigenvalue weighted by Gasteiger charge is -2.20. The summed E-state index contributed by atoms with van der Waals surface area (Å²) in [5.41, 5.74) is -2.04. The molecule has 0 saturated carbocycles. The van der Waals surface area contributed by atoms with E-state index < -0.39 is 47.0 Å². The fourth-order valence-corrected chi connectivity index (χ4v) is 3.64. The molecule has 180 valence electrons. The van der Waals surface area contributed by atoms with E-state index in [1.54, 1.807) is 12.1 Å². The van der Waals surface area contributed by atoms with Gasteiger partial charge in [-0.3, -0.25) is 14.4 Å². The molecule has 2 aromatic carbocycles. The van der Waals surface area contributed by atoms with Gasteiger partial charge in [-0.05, 0) is 34.2 Å². The van der Waals surface area contributed by atoms with Gasteiger partial charge in [0.15, 0.2) is 0 Å². The largest absolute Gasteiger partial charge is 0.506 e. The van der Waals surface area contributed by atoms with Crippen LogP contribution in [0.5, 0.6) is 5.75 Å². The number of amides is 1. The molecule has 0 fully saturated rings. The number of aliphatic carboxylic acids is 1. The molecule has 3 rings (SSSR count). The van der Waals surface area contributed by atoms with E-state index in [4.69, 9.17) is 5.11 Å². The van der Waals surface area contributed by atoms with Crippen molar-refractivity contribution in [2.45, 2.75) is 38.8 Å². The molecule has 10 heteroatoms. The number of fused-ring (bicyclic) bond motifs is 1. The summed E-state index contributed by atoms with van der Waals surface area (Å²) in [7, 11) is 0. The van der Waals surface area contributed by atoms with E-state index in [1.165, 1.54) is 0 Å². The van der Waals surface area contributed by atoms with Gasteiger partial charge in [-0.25, -0.2) is 0 Å². The van der Waals surface area contributed by atoms with Crippen LogP contribution in [0.15, 0.2) is 41.2 Å². The molecule has 4 N–H and O–H groups in total. The molecular formula is C24H23F3N2O5. The number of carboxylic acids is 1. The summed E-state index contributed by atoms with van der Waals surface area (Å²) in [5, 5.41) is 21.0. The van der Waals surface area contributed by atoms with Gasteiger partial charge < -0.3 is 20.5 Å². The molecule has 0 aliphatic heterocycles. The van der Waals surface area contributed by atoms with Crippen LogP contribution in [0.4, 0.5) is 13.2 Å². The van der Waals surface area contributed by atoms with E-state index in [0.29, 0.717) is 5.56 Å². The number of aromatic amines is 1. The van der Waals surface area contributed by atoms with E-state index in [0.717, 1.165) is 17.7 Å². The maximum atomic E-state index is 13.8. The molecule has 0 spiro atoms. The zero-order chi connectivity index (χ0) is 25.4. The molecule has 1 heterocycles. The average molecular weight is 476 g/mol. The molecule has 0 radical (unpaired) electrons. The van der Waals surface area contributed by atoms with Crippen LogP contribution in [-0.2, 0) is 22.8 Å². The minimum absolute atomic E-state index is 0.149. The smallest absolute Gasteiger partial charge is 0.416 e. The summed E-state index contributed by atoms with van der Waals surface area (Å²) in [5.74, 6) is -3.37. The van der Waals surface area contributed by atoms with Crippen LogP contribution in [0.3, 0.4) is 0 Å². The van der Waals surface area contributed by atoms with Crippen LogP contribution in [0.1, 0.15) is 53.4 Å². The molecule has 0 bridgehead atoms. The number of hydrogen-bond acceptors (Lipinski definition) is 4. The Morgan fingerprint density at radius 2 is 1.65 bits per heavy atom. The van der Waals surface area contributed by atoms with Gasteiger partial charge in [0.05, 0.1) is 11.1 Å². The predicted octanol–water partition coefficient (Wildman–Crippen LogP) is 3.96. The third kappa shape index (κ3) is 5.05. The van der Waals surface area contributed by atoms with Crippen molar-refractivity contribution in [3.63, 3.8) is 0 Å². The number of carbonyl (C=O) groups is 2. The second kappa shape index (κ2) is 8.85. The normalized spacial score (nSPS) is 12.1. The van der Waals surface area contributed by atoms with Crippen molar-refractivity contribution in [2.75, 3.05) is 6.54 Å². The third-order valence-electron chi connectivity index (χ3n) is 5.40. The molecule has 0 aliphatic carbocycles. The van der Waals surface area contributed by atoms with Crippen LogP contribution in [-0.4, -0.2) is 33.6 Å². The van der Waals surface area contributed by atoms with Gasteiger partial charge in [-0.2, -0.15) is 13.2 Å². The van der Waals surface area contributed by atoms with Crippen molar-refractivity contribution in [1.82, 2.24) is 10.3 Å². The number of rotatable bonds is 5. The molecule has 0 aliphatic rings. The lowest BCUT2D eigenvalue weighted by Crippen LogP contribution is -2.33. The maximum Gasteiger partial charge on any atom is 0.416 e. The highest BCUT2D eigenvalue weighted by Gasteiger charge is 2.35. The molecule has 1 aromatic heterocycles. The Labute approximate surface area is 192 Å². The van der Waals surface area contributed by atoms with Gasteiger partial charge in [-0.15, -0.1) is 0 Å². The number of nitrogens with one attached hydrogen (secondary N) is 2. The van der Waals surface area contributed by atoms with Crippen LogP contribution in [0.25, 0.3) is 10.9 Å². The number of H-pyrrole nitrogens is 1. The number of carboxylic acid groups (broad SMARTS) is 1. The first kappa shape index (κ1) is 24.8. The SMILES string of the molecule is CC(C)(C)c1ccc(Cc2c(C(F)(F)F)ccc3c(O)c(C(=O)NCC(=O)O)c(=O)[nH]c23)cc1. The van der Waals surface area contributed by atoms with Crippen LogP contribution in [0.2, 0.25) is 0 Å². The number of aromatic nitrogens is 1. The summed E-state index contributed by atoms with van der Waals surface area (Å²) in [6.45, 7) is 5.21. The molecule has 7 nitrogen and oxygen atoms in total. The van der Waals surface area contributed by atoms with E-state index in [9.17, 15) is 32.7 Å². The molecule has 3 aromatic rings. The van der Waals surface area contributed by atoms with Gasteiger partial charge in [0.2, 0.25) is 0 Å². The van der Waals surface area contributed by atoms with Crippen molar-refractivity contribution >= 4 is 22.8 Å². The molecule has 1 amide bonds. The standard InChI is InChI=1S/C24H23F3N2O5/c1-23(2,3)13-6-4-12(5-7-13)10-15-16(24(25,26)27)9-8-14-19(15)29-22(34)18(20(14)32)21(33)28-11-17(30)31/h4-9H,10-11H2,1-3H3,(H,28,33)(H,30,31)(H2,29,32,34). The quantitative estimate of drug-likeness (QED) is 0.445. The first-order valence-electron chi connectivity index (χ1n) is 10.3. The number of halogens is 3.